The van der Waals surface area contributed by atoms with E-state index in [4.69, 9.17) is 0 Å². The van der Waals surface area contributed by atoms with Gasteiger partial charge in [-0.15, -0.1) is 12.4 Å². The van der Waals surface area contributed by atoms with Crippen LogP contribution in [0.15, 0.2) is 12.1 Å². The van der Waals surface area contributed by atoms with Crippen molar-refractivity contribution < 1.29 is 4.79 Å². The summed E-state index contributed by atoms with van der Waals surface area (Å²) in [6.07, 6.45) is 3.59. The number of aryl methyl sites for hydroxylation is 3. The van der Waals surface area contributed by atoms with E-state index in [0.717, 1.165) is 42.9 Å². The van der Waals surface area contributed by atoms with Crippen LogP contribution >= 0.6 is 12.4 Å². The van der Waals surface area contributed by atoms with E-state index in [9.17, 15) is 4.79 Å². The molecule has 22 heavy (non-hydrogen) atoms. The molecule has 2 saturated heterocycles. The second-order valence-electron chi connectivity index (χ2n) is 7.00. The summed E-state index contributed by atoms with van der Waals surface area (Å²) in [4.78, 5) is 15.0. The van der Waals surface area contributed by atoms with Crippen molar-refractivity contribution in [2.45, 2.75) is 40.0 Å². The smallest absolute Gasteiger partial charge is 0.254 e. The molecular weight excluding hydrogens is 296 g/mol. The zero-order valence-corrected chi connectivity index (χ0v) is 14.7. The summed E-state index contributed by atoms with van der Waals surface area (Å²) in [5.41, 5.74) is 4.77. The van der Waals surface area contributed by atoms with Crippen LogP contribution in [0.2, 0.25) is 0 Å². The number of halogens is 1. The van der Waals surface area contributed by atoms with Gasteiger partial charge in [0.25, 0.3) is 5.91 Å². The fraction of sp³-hybridized carbons (Fsp3) is 0.611. The lowest BCUT2D eigenvalue weighted by atomic mass is 9.78. The third-order valence-electron chi connectivity index (χ3n) is 5.28. The highest BCUT2D eigenvalue weighted by molar-refractivity contribution is 5.97. The molecule has 2 heterocycles. The Morgan fingerprint density at radius 2 is 1.68 bits per heavy atom. The molecule has 0 radical (unpaired) electrons. The largest absolute Gasteiger partial charge is 0.338 e. The average molecular weight is 323 g/mol. The van der Waals surface area contributed by atoms with Gasteiger partial charge in [-0.25, -0.2) is 0 Å². The lowest BCUT2D eigenvalue weighted by molar-refractivity contribution is 0.0760. The van der Waals surface area contributed by atoms with E-state index in [1.54, 1.807) is 0 Å². The molecule has 4 heteroatoms. The molecule has 1 N–H and O–H groups in total. The summed E-state index contributed by atoms with van der Waals surface area (Å²) < 4.78 is 0. The second-order valence-corrected chi connectivity index (χ2v) is 7.00. The van der Waals surface area contributed by atoms with Crippen LogP contribution in [0.25, 0.3) is 0 Å². The van der Waals surface area contributed by atoms with Gasteiger partial charge in [-0.2, -0.15) is 0 Å². The number of likely N-dealkylation sites (tertiary alicyclic amines) is 1. The van der Waals surface area contributed by atoms with Crippen LogP contribution < -0.4 is 5.32 Å². The molecule has 1 amide bonds. The summed E-state index contributed by atoms with van der Waals surface area (Å²) in [6, 6.07) is 4.24. The quantitative estimate of drug-likeness (QED) is 0.860. The van der Waals surface area contributed by atoms with Crippen molar-refractivity contribution in [1.82, 2.24) is 10.2 Å². The number of piperidine rings is 1. The number of nitrogens with zero attached hydrogens (tertiary/aromatic N) is 1. The minimum atomic E-state index is 0. The van der Waals surface area contributed by atoms with E-state index < -0.39 is 0 Å². The molecule has 0 unspecified atom stereocenters. The lowest BCUT2D eigenvalue weighted by Gasteiger charge is -2.33. The van der Waals surface area contributed by atoms with Crippen LogP contribution in [0.4, 0.5) is 0 Å². The van der Waals surface area contributed by atoms with Gasteiger partial charge in [-0.3, -0.25) is 4.79 Å². The highest BCUT2D eigenvalue weighted by atomic mass is 35.5. The molecule has 0 aromatic heterocycles. The van der Waals surface area contributed by atoms with Crippen molar-refractivity contribution in [3.05, 3.63) is 34.4 Å². The Morgan fingerprint density at radius 3 is 2.27 bits per heavy atom. The molecule has 0 saturated carbocycles. The molecule has 3 rings (SSSR count). The summed E-state index contributed by atoms with van der Waals surface area (Å²) in [7, 11) is 0. The normalized spacial score (nSPS) is 20.0. The summed E-state index contributed by atoms with van der Waals surface area (Å²) in [5.74, 6) is 0.236. The van der Waals surface area contributed by atoms with Crippen LogP contribution in [0, 0.1) is 26.2 Å². The number of carbonyl (C=O) groups is 1. The standard InChI is InChI=1S/C18H26N2O.ClH/c1-13-10-14(2)16(15(3)11-13)17(21)20-9-6-18(12-20)4-7-19-8-5-18;/h10-11,19H,4-9,12H2,1-3H3;1H. The fourth-order valence-electron chi connectivity index (χ4n) is 4.15. The van der Waals surface area contributed by atoms with E-state index in [1.165, 1.54) is 24.8 Å². The Kier molecular flexibility index (Phi) is 5.18. The van der Waals surface area contributed by atoms with Crippen molar-refractivity contribution in [3.63, 3.8) is 0 Å². The number of amides is 1. The van der Waals surface area contributed by atoms with Gasteiger partial charge in [-0.1, -0.05) is 17.7 Å². The predicted molar refractivity (Wildman–Crippen MR) is 93.0 cm³/mol. The van der Waals surface area contributed by atoms with Crippen LogP contribution in [0.5, 0.6) is 0 Å². The molecule has 0 atom stereocenters. The van der Waals surface area contributed by atoms with E-state index in [1.807, 2.05) is 0 Å². The Hall–Kier alpha value is -1.06. The number of hydrogen-bond donors (Lipinski definition) is 1. The van der Waals surface area contributed by atoms with Gasteiger partial charge in [-0.05, 0) is 69.7 Å². The molecule has 1 aromatic rings. The lowest BCUT2D eigenvalue weighted by Crippen LogP contribution is -2.40. The third kappa shape index (κ3) is 3.16. The van der Waals surface area contributed by atoms with Gasteiger partial charge in [0.1, 0.15) is 0 Å². The monoisotopic (exact) mass is 322 g/mol. The molecule has 1 aromatic carbocycles. The predicted octanol–water partition coefficient (Wildman–Crippen LogP) is 3.25. The molecule has 0 aliphatic carbocycles. The highest BCUT2D eigenvalue weighted by Crippen LogP contribution is 2.39. The third-order valence-corrected chi connectivity index (χ3v) is 5.28. The van der Waals surface area contributed by atoms with Gasteiger partial charge in [0.15, 0.2) is 0 Å². The van der Waals surface area contributed by atoms with Crippen LogP contribution in [-0.2, 0) is 0 Å². The van der Waals surface area contributed by atoms with Crippen LogP contribution in [-0.4, -0.2) is 37.0 Å². The Labute approximate surface area is 139 Å². The fourth-order valence-corrected chi connectivity index (χ4v) is 4.15. The van der Waals surface area contributed by atoms with E-state index in [2.05, 4.69) is 43.1 Å². The van der Waals surface area contributed by atoms with Crippen molar-refractivity contribution in [1.29, 1.82) is 0 Å². The maximum Gasteiger partial charge on any atom is 0.254 e. The van der Waals surface area contributed by atoms with E-state index >= 15 is 0 Å². The summed E-state index contributed by atoms with van der Waals surface area (Å²) in [5, 5.41) is 3.43. The van der Waals surface area contributed by atoms with Crippen molar-refractivity contribution >= 4 is 18.3 Å². The molecule has 1 spiro atoms. The molecule has 2 aliphatic heterocycles. The highest BCUT2D eigenvalue weighted by Gasteiger charge is 2.40. The molecular formula is C18H27ClN2O. The van der Waals surface area contributed by atoms with Crippen molar-refractivity contribution in [3.8, 4) is 0 Å². The summed E-state index contributed by atoms with van der Waals surface area (Å²) >= 11 is 0. The first-order chi connectivity index (χ1) is 10.0. The second kappa shape index (κ2) is 6.59. The first-order valence-corrected chi connectivity index (χ1v) is 8.09. The number of rotatable bonds is 1. The maximum absolute atomic E-state index is 12.9. The number of carbonyl (C=O) groups excluding carboxylic acids is 1. The molecule has 2 fully saturated rings. The topological polar surface area (TPSA) is 32.3 Å². The molecule has 3 nitrogen and oxygen atoms in total. The van der Waals surface area contributed by atoms with Crippen molar-refractivity contribution in [2.75, 3.05) is 26.2 Å². The SMILES string of the molecule is Cc1cc(C)c(C(=O)N2CCC3(CCNCC3)C2)c(C)c1.Cl. The summed E-state index contributed by atoms with van der Waals surface area (Å²) in [6.45, 7) is 10.3. The maximum atomic E-state index is 12.9. The minimum absolute atomic E-state index is 0. The average Bonchev–Trinajstić information content (AvgIpc) is 2.82. The van der Waals surface area contributed by atoms with E-state index in [-0.39, 0.29) is 18.3 Å². The molecule has 2 aliphatic rings. The first-order valence-electron chi connectivity index (χ1n) is 8.09. The van der Waals surface area contributed by atoms with Gasteiger partial charge in [0, 0.05) is 18.7 Å². The Balaban J connectivity index is 0.00000176. The Morgan fingerprint density at radius 1 is 1.09 bits per heavy atom. The number of hydrogen-bond acceptors (Lipinski definition) is 2. The minimum Gasteiger partial charge on any atom is -0.338 e. The molecule has 122 valence electrons. The molecule has 0 bridgehead atoms. The first kappa shape index (κ1) is 17.3. The Bertz CT molecular complexity index is 541. The number of nitrogens with one attached hydrogen (secondary N) is 1. The van der Waals surface area contributed by atoms with Crippen molar-refractivity contribution in [2.24, 2.45) is 5.41 Å². The van der Waals surface area contributed by atoms with Crippen LogP contribution in [0.1, 0.15) is 46.3 Å². The number of benzene rings is 1. The van der Waals surface area contributed by atoms with Gasteiger partial charge in [0.2, 0.25) is 0 Å². The zero-order valence-electron chi connectivity index (χ0n) is 13.9. The van der Waals surface area contributed by atoms with Gasteiger partial charge >= 0.3 is 0 Å². The van der Waals surface area contributed by atoms with E-state index in [0.29, 0.717) is 5.41 Å². The van der Waals surface area contributed by atoms with Gasteiger partial charge < -0.3 is 10.2 Å². The van der Waals surface area contributed by atoms with Crippen LogP contribution in [0.3, 0.4) is 0 Å². The van der Waals surface area contributed by atoms with Gasteiger partial charge in [0.05, 0.1) is 0 Å². The zero-order chi connectivity index (χ0) is 15.0.